The molecule has 1 aromatic carbocycles. The lowest BCUT2D eigenvalue weighted by molar-refractivity contribution is 0.0479. The van der Waals surface area contributed by atoms with E-state index in [1.165, 1.54) is 7.05 Å². The molecule has 11 heteroatoms. The van der Waals surface area contributed by atoms with Crippen molar-refractivity contribution in [1.29, 1.82) is 0 Å². The molecule has 0 aliphatic rings. The number of Topliss-reactive ketones (excluding diaryl/α,β-unsaturated/α-hetero) is 1. The molecule has 2 heterocycles. The van der Waals surface area contributed by atoms with E-state index in [9.17, 15) is 19.2 Å². The van der Waals surface area contributed by atoms with Crippen LogP contribution >= 0.6 is 34.5 Å². The lowest BCUT2D eigenvalue weighted by Gasteiger charge is -2.16. The normalized spacial score (nSPS) is 11.3. The molecule has 0 atom stereocenters. The largest absolute Gasteiger partial charge is 0.453 e. The van der Waals surface area contributed by atoms with Crippen molar-refractivity contribution in [3.8, 4) is 0 Å². The Morgan fingerprint density at radius 2 is 1.90 bits per heavy atom. The molecular formula is C20H19Cl2N3O5S. The molecule has 164 valence electrons. The summed E-state index contributed by atoms with van der Waals surface area (Å²) in [7, 11) is 1.26. The summed E-state index contributed by atoms with van der Waals surface area (Å²) in [6.45, 7) is 3.21. The van der Waals surface area contributed by atoms with Crippen LogP contribution in [0.25, 0.3) is 10.1 Å². The molecule has 3 aromatic rings. The van der Waals surface area contributed by atoms with E-state index < -0.39 is 35.2 Å². The summed E-state index contributed by atoms with van der Waals surface area (Å²) >= 11 is 13.3. The van der Waals surface area contributed by atoms with Crippen LogP contribution in [0.1, 0.15) is 33.9 Å². The van der Waals surface area contributed by atoms with E-state index in [0.717, 1.165) is 20.5 Å². The maximum Gasteiger partial charge on any atom is 0.350 e. The Morgan fingerprint density at radius 1 is 1.23 bits per heavy atom. The molecular weight excluding hydrogens is 465 g/mol. The summed E-state index contributed by atoms with van der Waals surface area (Å²) in [6.07, 6.45) is 0. The summed E-state index contributed by atoms with van der Waals surface area (Å²) in [4.78, 5) is 50.1. The van der Waals surface area contributed by atoms with Crippen LogP contribution in [0.4, 0.5) is 5.82 Å². The van der Waals surface area contributed by atoms with Crippen molar-refractivity contribution in [1.82, 2.24) is 9.13 Å². The van der Waals surface area contributed by atoms with Gasteiger partial charge in [0.2, 0.25) is 5.78 Å². The van der Waals surface area contributed by atoms with Crippen molar-refractivity contribution in [2.45, 2.75) is 20.4 Å². The molecule has 0 bridgehead atoms. The van der Waals surface area contributed by atoms with Crippen LogP contribution in [0.2, 0.25) is 10.0 Å². The average Bonchev–Trinajstić information content (AvgIpc) is 3.03. The molecule has 0 aliphatic carbocycles. The SMILES string of the molecule is CC(C)Cn1c(N)c(C(=O)COC(=O)c2sc3cc(Cl)ccc3c2Cl)c(=O)n(C)c1=O. The van der Waals surface area contributed by atoms with E-state index in [1.807, 2.05) is 13.8 Å². The van der Waals surface area contributed by atoms with E-state index >= 15 is 0 Å². The zero-order valence-corrected chi connectivity index (χ0v) is 19.2. The van der Waals surface area contributed by atoms with E-state index in [-0.39, 0.29) is 28.2 Å². The number of aromatic nitrogens is 2. The summed E-state index contributed by atoms with van der Waals surface area (Å²) in [5.74, 6) is -1.84. The molecule has 0 radical (unpaired) electrons. The second-order valence-electron chi connectivity index (χ2n) is 7.30. The fraction of sp³-hybridized carbons (Fsp3) is 0.300. The lowest BCUT2D eigenvalue weighted by Crippen LogP contribution is -2.43. The molecule has 0 spiro atoms. The average molecular weight is 484 g/mol. The van der Waals surface area contributed by atoms with E-state index in [0.29, 0.717) is 15.1 Å². The summed E-state index contributed by atoms with van der Waals surface area (Å²) in [6, 6.07) is 4.99. The number of ketones is 1. The van der Waals surface area contributed by atoms with Crippen molar-refractivity contribution in [3.63, 3.8) is 0 Å². The van der Waals surface area contributed by atoms with Gasteiger partial charge in [-0.2, -0.15) is 0 Å². The van der Waals surface area contributed by atoms with E-state index in [2.05, 4.69) is 0 Å². The van der Waals surface area contributed by atoms with Gasteiger partial charge in [-0.15, -0.1) is 11.3 Å². The van der Waals surface area contributed by atoms with Crippen molar-refractivity contribution in [2.24, 2.45) is 13.0 Å². The highest BCUT2D eigenvalue weighted by Gasteiger charge is 2.25. The van der Waals surface area contributed by atoms with Gasteiger partial charge in [0.1, 0.15) is 16.3 Å². The van der Waals surface area contributed by atoms with Crippen molar-refractivity contribution < 1.29 is 14.3 Å². The van der Waals surface area contributed by atoms with Crippen LogP contribution in [0.5, 0.6) is 0 Å². The molecule has 2 N–H and O–H groups in total. The predicted molar refractivity (Wildman–Crippen MR) is 122 cm³/mol. The minimum absolute atomic E-state index is 0.0434. The fourth-order valence-corrected chi connectivity index (χ4v) is 4.70. The molecule has 0 aliphatic heterocycles. The molecule has 3 rings (SSSR count). The van der Waals surface area contributed by atoms with Crippen LogP contribution in [-0.2, 0) is 18.3 Å². The Bertz CT molecular complexity index is 1320. The van der Waals surface area contributed by atoms with Gasteiger partial charge in [-0.05, 0) is 18.1 Å². The zero-order chi connectivity index (χ0) is 23.0. The molecule has 0 saturated heterocycles. The van der Waals surface area contributed by atoms with Gasteiger partial charge < -0.3 is 10.5 Å². The highest BCUT2D eigenvalue weighted by atomic mass is 35.5. The minimum atomic E-state index is -0.849. The van der Waals surface area contributed by atoms with Crippen LogP contribution in [0.3, 0.4) is 0 Å². The maximum atomic E-state index is 12.7. The Morgan fingerprint density at radius 3 is 2.55 bits per heavy atom. The number of carbonyl (C=O) groups is 2. The fourth-order valence-electron chi connectivity index (χ4n) is 3.03. The van der Waals surface area contributed by atoms with Crippen molar-refractivity contribution in [2.75, 3.05) is 12.3 Å². The molecule has 0 fully saturated rings. The van der Waals surface area contributed by atoms with Crippen LogP contribution in [0.15, 0.2) is 27.8 Å². The number of fused-ring (bicyclic) bond motifs is 1. The first-order chi connectivity index (χ1) is 14.5. The van der Waals surface area contributed by atoms with Gasteiger partial charge in [0.25, 0.3) is 5.56 Å². The molecule has 31 heavy (non-hydrogen) atoms. The Kier molecular flexibility index (Phi) is 6.59. The first-order valence-electron chi connectivity index (χ1n) is 9.20. The van der Waals surface area contributed by atoms with Gasteiger partial charge in [-0.3, -0.25) is 18.7 Å². The highest BCUT2D eigenvalue weighted by molar-refractivity contribution is 7.21. The number of benzene rings is 1. The number of rotatable bonds is 6. The summed E-state index contributed by atoms with van der Waals surface area (Å²) in [5.41, 5.74) is 4.09. The van der Waals surface area contributed by atoms with Gasteiger partial charge >= 0.3 is 11.7 Å². The number of nitrogens with two attached hydrogens (primary N) is 1. The number of thiophene rings is 1. The van der Waals surface area contributed by atoms with Gasteiger partial charge in [-0.1, -0.05) is 43.1 Å². The number of ether oxygens (including phenoxy) is 1. The van der Waals surface area contributed by atoms with Gasteiger partial charge in [0.15, 0.2) is 6.61 Å². The quantitative estimate of drug-likeness (QED) is 0.424. The number of carbonyl (C=O) groups excluding carboxylic acids is 2. The molecule has 0 amide bonds. The Balaban J connectivity index is 1.88. The number of hydrogen-bond donors (Lipinski definition) is 1. The zero-order valence-electron chi connectivity index (χ0n) is 16.9. The Hall–Kier alpha value is -2.62. The first-order valence-corrected chi connectivity index (χ1v) is 10.8. The minimum Gasteiger partial charge on any atom is -0.453 e. The van der Waals surface area contributed by atoms with Crippen molar-refractivity contribution >= 4 is 62.2 Å². The van der Waals surface area contributed by atoms with Gasteiger partial charge in [0, 0.05) is 28.7 Å². The maximum absolute atomic E-state index is 12.7. The smallest absolute Gasteiger partial charge is 0.350 e. The lowest BCUT2D eigenvalue weighted by atomic mass is 10.1. The first kappa shape index (κ1) is 23.1. The second kappa shape index (κ2) is 8.86. The standard InChI is InChI=1S/C20H19Cl2N3O5S/c1-9(2)7-25-17(23)14(18(27)24(3)20(25)29)12(26)8-30-19(28)16-15(22)11-5-4-10(21)6-13(11)31-16/h4-6,9H,7-8,23H2,1-3H3. The topological polar surface area (TPSA) is 113 Å². The van der Waals surface area contributed by atoms with E-state index in [1.54, 1.807) is 18.2 Å². The highest BCUT2D eigenvalue weighted by Crippen LogP contribution is 2.37. The number of esters is 1. The van der Waals surface area contributed by atoms with Crippen LogP contribution in [0, 0.1) is 5.92 Å². The number of anilines is 1. The van der Waals surface area contributed by atoms with Crippen molar-refractivity contribution in [3.05, 3.63) is 59.5 Å². The molecule has 0 unspecified atom stereocenters. The molecule has 0 saturated carbocycles. The number of nitrogen functional groups attached to an aromatic ring is 1. The third kappa shape index (κ3) is 4.39. The number of hydrogen-bond acceptors (Lipinski definition) is 7. The van der Waals surface area contributed by atoms with Gasteiger partial charge in [0.05, 0.1) is 5.02 Å². The number of nitrogens with zero attached hydrogens (tertiary/aromatic N) is 2. The van der Waals surface area contributed by atoms with Gasteiger partial charge in [-0.25, -0.2) is 9.59 Å². The predicted octanol–water partition coefficient (Wildman–Crippen LogP) is 3.35. The Labute approximate surface area is 190 Å². The third-order valence-electron chi connectivity index (χ3n) is 4.52. The molecule has 8 nitrogen and oxygen atoms in total. The second-order valence-corrected chi connectivity index (χ2v) is 9.16. The monoisotopic (exact) mass is 483 g/mol. The van der Waals surface area contributed by atoms with Crippen LogP contribution < -0.4 is 17.0 Å². The summed E-state index contributed by atoms with van der Waals surface area (Å²) < 4.78 is 7.76. The summed E-state index contributed by atoms with van der Waals surface area (Å²) in [5, 5.41) is 1.31. The molecule has 2 aromatic heterocycles. The van der Waals surface area contributed by atoms with E-state index in [4.69, 9.17) is 33.7 Å². The third-order valence-corrected chi connectivity index (χ3v) is 6.39. The number of halogens is 2. The van der Waals surface area contributed by atoms with Crippen LogP contribution in [-0.4, -0.2) is 27.5 Å².